The second-order valence-corrected chi connectivity index (χ2v) is 10.6. The topological polar surface area (TPSA) is 98.9 Å². The minimum absolute atomic E-state index is 0.0784. The van der Waals surface area contributed by atoms with Gasteiger partial charge in [-0.1, -0.05) is 48.9 Å². The minimum Gasteiger partial charge on any atom is -0.491 e. The monoisotopic (exact) mass is 649 g/mol. The molecule has 1 aromatic heterocycles. The summed E-state index contributed by atoms with van der Waals surface area (Å²) in [5.74, 6) is 1.25. The molecule has 196 valence electrons. The van der Waals surface area contributed by atoms with Gasteiger partial charge in [0.1, 0.15) is 46.3 Å². The largest absolute Gasteiger partial charge is 0.491 e. The van der Waals surface area contributed by atoms with Crippen LogP contribution in [0.3, 0.4) is 0 Å². The number of ether oxygens (including phenoxy) is 3. The number of alkyl halides is 1. The van der Waals surface area contributed by atoms with E-state index >= 15 is 0 Å². The Morgan fingerprint density at radius 1 is 1.03 bits per heavy atom. The third kappa shape index (κ3) is 7.45. The highest BCUT2D eigenvalue weighted by Gasteiger charge is 2.24. The Labute approximate surface area is 234 Å². The third-order valence-corrected chi connectivity index (χ3v) is 7.52. The highest BCUT2D eigenvalue weighted by molar-refractivity contribution is 14.1. The molecule has 2 aromatic carbocycles. The van der Waals surface area contributed by atoms with E-state index in [9.17, 15) is 10.2 Å². The number of aliphatic hydroxyl groups excluding tert-OH is 2. The summed E-state index contributed by atoms with van der Waals surface area (Å²) in [5.41, 5.74) is 2.48. The molecule has 2 unspecified atom stereocenters. The number of nitrogens with zero attached hydrogens (tertiary/aromatic N) is 3. The van der Waals surface area contributed by atoms with Crippen molar-refractivity contribution < 1.29 is 24.4 Å². The van der Waals surface area contributed by atoms with E-state index in [4.69, 9.17) is 37.4 Å². The molecule has 0 saturated heterocycles. The molecule has 0 amide bonds. The van der Waals surface area contributed by atoms with E-state index in [-0.39, 0.29) is 31.1 Å². The Morgan fingerprint density at radius 3 is 2.33 bits per heavy atom. The average Bonchev–Trinajstić information content (AvgIpc) is 3.20. The number of hydrogen-bond acceptors (Lipinski definition) is 7. The van der Waals surface area contributed by atoms with E-state index in [2.05, 4.69) is 46.8 Å². The van der Waals surface area contributed by atoms with Crippen LogP contribution in [0.2, 0.25) is 5.02 Å². The quantitative estimate of drug-likeness (QED) is 0.209. The number of methoxy groups -OCH3 is 1. The molecule has 8 nitrogen and oxygen atoms in total. The van der Waals surface area contributed by atoms with Crippen LogP contribution in [0.25, 0.3) is 0 Å². The van der Waals surface area contributed by atoms with E-state index < -0.39 is 12.2 Å². The first kappa shape index (κ1) is 28.9. The molecule has 0 aliphatic rings. The third-order valence-electron chi connectivity index (χ3n) is 5.68. The number of halogens is 3. The Bertz CT molecular complexity index is 1130. The van der Waals surface area contributed by atoms with Gasteiger partial charge in [0.2, 0.25) is 0 Å². The number of rotatable bonds is 13. The standard InChI is InChI=1S/C25H30Cl2IN3O5/c1-25(2,17-6-9-23(21(27)10-17)36-13-18(32)11-26)16-4-7-20(8-5-16)35-14-19(33)12-31-24(28)22(15-34-3)29-30-31/h4-10,18-19,32-33H,11-15H2,1-3H3. The first-order valence-electron chi connectivity index (χ1n) is 11.3. The molecule has 0 saturated carbocycles. The Balaban J connectivity index is 1.59. The smallest absolute Gasteiger partial charge is 0.138 e. The van der Waals surface area contributed by atoms with Crippen LogP contribution in [-0.2, 0) is 23.3 Å². The molecule has 0 bridgehead atoms. The lowest BCUT2D eigenvalue weighted by Crippen LogP contribution is -2.25. The van der Waals surface area contributed by atoms with Crippen LogP contribution in [0.5, 0.6) is 11.5 Å². The molecule has 0 aliphatic carbocycles. The Hall–Kier alpha value is -1.63. The first-order valence-corrected chi connectivity index (χ1v) is 13.3. The molecule has 11 heteroatoms. The maximum absolute atomic E-state index is 10.4. The predicted octanol–water partition coefficient (Wildman–Crippen LogP) is 4.43. The van der Waals surface area contributed by atoms with Crippen molar-refractivity contribution in [2.45, 2.75) is 44.6 Å². The van der Waals surface area contributed by atoms with Crippen LogP contribution < -0.4 is 9.47 Å². The lowest BCUT2D eigenvalue weighted by Gasteiger charge is -2.27. The second-order valence-electron chi connectivity index (χ2n) is 8.82. The van der Waals surface area contributed by atoms with Gasteiger partial charge in [0.15, 0.2) is 0 Å². The molecular weight excluding hydrogens is 620 g/mol. The van der Waals surface area contributed by atoms with Gasteiger partial charge in [0.05, 0.1) is 24.1 Å². The summed E-state index contributed by atoms with van der Waals surface area (Å²) in [6.07, 6.45) is -1.50. The zero-order valence-corrected chi connectivity index (χ0v) is 24.0. The van der Waals surface area contributed by atoms with E-state index in [1.807, 2.05) is 36.4 Å². The SMILES string of the molecule is COCc1nnn(CC(O)COc2ccc(C(C)(C)c3ccc(OCC(O)CCl)c(Cl)c3)cc2)c1I. The molecule has 36 heavy (non-hydrogen) atoms. The summed E-state index contributed by atoms with van der Waals surface area (Å²) >= 11 is 14.2. The highest BCUT2D eigenvalue weighted by atomic mass is 127. The lowest BCUT2D eigenvalue weighted by molar-refractivity contribution is 0.0880. The fraction of sp³-hybridized carbons (Fsp3) is 0.440. The van der Waals surface area contributed by atoms with Crippen molar-refractivity contribution in [2.24, 2.45) is 0 Å². The first-order chi connectivity index (χ1) is 17.1. The molecule has 0 fully saturated rings. The zero-order chi connectivity index (χ0) is 26.3. The fourth-order valence-corrected chi connectivity index (χ4v) is 4.38. The number of hydrogen-bond donors (Lipinski definition) is 2. The zero-order valence-electron chi connectivity index (χ0n) is 20.3. The van der Waals surface area contributed by atoms with E-state index in [1.54, 1.807) is 17.9 Å². The van der Waals surface area contributed by atoms with Gasteiger partial charge in [0.25, 0.3) is 0 Å². The maximum Gasteiger partial charge on any atom is 0.138 e. The van der Waals surface area contributed by atoms with Crippen LogP contribution in [0.15, 0.2) is 42.5 Å². The van der Waals surface area contributed by atoms with Crippen molar-refractivity contribution in [3.05, 3.63) is 68.0 Å². The van der Waals surface area contributed by atoms with Crippen molar-refractivity contribution in [3.8, 4) is 11.5 Å². The van der Waals surface area contributed by atoms with Gasteiger partial charge in [-0.2, -0.15) is 0 Å². The van der Waals surface area contributed by atoms with E-state index in [0.717, 1.165) is 20.5 Å². The molecule has 0 radical (unpaired) electrons. The molecule has 1 heterocycles. The summed E-state index contributed by atoms with van der Waals surface area (Å²) in [7, 11) is 1.60. The van der Waals surface area contributed by atoms with E-state index in [0.29, 0.717) is 23.1 Å². The molecule has 0 aliphatic heterocycles. The lowest BCUT2D eigenvalue weighted by atomic mass is 9.78. The Kier molecular flexibility index (Phi) is 10.6. The summed E-state index contributed by atoms with van der Waals surface area (Å²) < 4.78 is 18.9. The summed E-state index contributed by atoms with van der Waals surface area (Å²) in [5, 5.41) is 28.6. The van der Waals surface area contributed by atoms with Gasteiger partial charge >= 0.3 is 0 Å². The number of aliphatic hydroxyl groups is 2. The van der Waals surface area contributed by atoms with Crippen LogP contribution >= 0.6 is 45.8 Å². The normalized spacial score (nSPS) is 13.4. The van der Waals surface area contributed by atoms with Gasteiger partial charge in [-0.3, -0.25) is 0 Å². The molecular formula is C25H30Cl2IN3O5. The van der Waals surface area contributed by atoms with Gasteiger partial charge in [0, 0.05) is 12.5 Å². The van der Waals surface area contributed by atoms with Crippen molar-refractivity contribution >= 4 is 45.8 Å². The number of benzene rings is 2. The van der Waals surface area contributed by atoms with Crippen LogP contribution in [0, 0.1) is 3.70 Å². The summed E-state index contributed by atoms with van der Waals surface area (Å²) in [6, 6.07) is 13.4. The predicted molar refractivity (Wildman–Crippen MR) is 147 cm³/mol. The highest BCUT2D eigenvalue weighted by Crippen LogP contribution is 2.36. The molecule has 2 N–H and O–H groups in total. The molecule has 2 atom stereocenters. The van der Waals surface area contributed by atoms with Crippen LogP contribution in [-0.4, -0.2) is 63.6 Å². The molecule has 0 spiro atoms. The van der Waals surface area contributed by atoms with Gasteiger partial charge in [-0.15, -0.1) is 16.7 Å². The van der Waals surface area contributed by atoms with Gasteiger partial charge < -0.3 is 24.4 Å². The van der Waals surface area contributed by atoms with Gasteiger partial charge in [-0.05, 0) is 58.0 Å². The van der Waals surface area contributed by atoms with Crippen molar-refractivity contribution in [1.29, 1.82) is 0 Å². The summed E-state index contributed by atoms with van der Waals surface area (Å²) in [6.45, 7) is 5.05. The van der Waals surface area contributed by atoms with Crippen molar-refractivity contribution in [2.75, 3.05) is 26.2 Å². The van der Waals surface area contributed by atoms with Crippen LogP contribution in [0.4, 0.5) is 0 Å². The molecule has 3 rings (SSSR count). The van der Waals surface area contributed by atoms with Crippen molar-refractivity contribution in [1.82, 2.24) is 15.0 Å². The summed E-state index contributed by atoms with van der Waals surface area (Å²) in [4.78, 5) is 0. The average molecular weight is 650 g/mol. The minimum atomic E-state index is -0.750. The van der Waals surface area contributed by atoms with Gasteiger partial charge in [-0.25, -0.2) is 4.68 Å². The number of aromatic nitrogens is 3. The van der Waals surface area contributed by atoms with E-state index in [1.165, 1.54) is 0 Å². The fourth-order valence-electron chi connectivity index (χ4n) is 3.50. The Morgan fingerprint density at radius 2 is 1.69 bits per heavy atom. The van der Waals surface area contributed by atoms with Crippen LogP contribution in [0.1, 0.15) is 30.7 Å². The maximum atomic E-state index is 10.4. The second kappa shape index (κ2) is 13.3. The molecule has 3 aromatic rings. The van der Waals surface area contributed by atoms with Crippen molar-refractivity contribution in [3.63, 3.8) is 0 Å².